The predicted molar refractivity (Wildman–Crippen MR) is 102 cm³/mol. The molecule has 1 aromatic carbocycles. The van der Waals surface area contributed by atoms with E-state index in [1.807, 2.05) is 26.8 Å². The molecular weight excluding hydrogens is 346 g/mol. The van der Waals surface area contributed by atoms with Crippen molar-refractivity contribution in [3.05, 3.63) is 40.4 Å². The van der Waals surface area contributed by atoms with Gasteiger partial charge in [0.2, 0.25) is 5.91 Å². The summed E-state index contributed by atoms with van der Waals surface area (Å²) in [6.45, 7) is 7.56. The van der Waals surface area contributed by atoms with Crippen molar-refractivity contribution in [1.82, 2.24) is 9.66 Å². The number of ether oxygens (including phenoxy) is 1. The highest BCUT2D eigenvalue weighted by Crippen LogP contribution is 2.25. The monoisotopic (exact) mass is 371 g/mol. The number of aromatic nitrogens is 2. The van der Waals surface area contributed by atoms with Crippen molar-refractivity contribution in [3.63, 3.8) is 0 Å². The molecule has 3 rings (SSSR count). The van der Waals surface area contributed by atoms with Crippen LogP contribution in [0, 0.1) is 5.92 Å². The van der Waals surface area contributed by atoms with Crippen molar-refractivity contribution >= 4 is 22.8 Å². The lowest BCUT2D eigenvalue weighted by atomic mass is 9.94. The molecule has 2 atom stereocenters. The van der Waals surface area contributed by atoms with Crippen molar-refractivity contribution in [2.24, 2.45) is 5.92 Å². The second kappa shape index (κ2) is 7.50. The quantitative estimate of drug-likeness (QED) is 0.771. The lowest BCUT2D eigenvalue weighted by Crippen LogP contribution is -2.61. The van der Waals surface area contributed by atoms with E-state index in [1.54, 1.807) is 25.1 Å². The summed E-state index contributed by atoms with van der Waals surface area (Å²) in [4.78, 5) is 43.5. The Hall–Kier alpha value is -2.70. The summed E-state index contributed by atoms with van der Waals surface area (Å²) in [5.41, 5.74) is 0.230. The Balaban J connectivity index is 2.27. The minimum absolute atomic E-state index is 0.116. The predicted octanol–water partition coefficient (Wildman–Crippen LogP) is 2.35. The third-order valence-corrected chi connectivity index (χ3v) is 4.89. The van der Waals surface area contributed by atoms with Crippen LogP contribution in [-0.2, 0) is 14.3 Å². The number of para-hydroxylation sites is 1. The molecule has 0 saturated carbocycles. The van der Waals surface area contributed by atoms with Crippen LogP contribution in [0.15, 0.2) is 29.1 Å². The molecule has 0 bridgehead atoms. The molecular formula is C20H25N3O4. The molecule has 7 nitrogen and oxygen atoms in total. The zero-order valence-electron chi connectivity index (χ0n) is 16.1. The second-order valence-electron chi connectivity index (χ2n) is 7.19. The Bertz CT molecular complexity index is 934. The minimum Gasteiger partial charge on any atom is -0.464 e. The number of nitrogens with zero attached hydrogens (tertiary/aromatic N) is 3. The molecule has 0 radical (unpaired) electrons. The van der Waals surface area contributed by atoms with Crippen LogP contribution >= 0.6 is 0 Å². The second-order valence-corrected chi connectivity index (χ2v) is 7.19. The summed E-state index contributed by atoms with van der Waals surface area (Å²) in [7, 11) is 0. The largest absolute Gasteiger partial charge is 0.464 e. The van der Waals surface area contributed by atoms with E-state index in [9.17, 15) is 14.4 Å². The lowest BCUT2D eigenvalue weighted by Gasteiger charge is -2.38. The van der Waals surface area contributed by atoms with Gasteiger partial charge in [0.15, 0.2) is 6.04 Å². The first-order valence-electron chi connectivity index (χ1n) is 9.38. The molecule has 2 aromatic rings. The average Bonchev–Trinajstić information content (AvgIpc) is 2.64. The van der Waals surface area contributed by atoms with E-state index < -0.39 is 12.0 Å². The third-order valence-electron chi connectivity index (χ3n) is 4.89. The van der Waals surface area contributed by atoms with Crippen molar-refractivity contribution in [3.8, 4) is 0 Å². The summed E-state index contributed by atoms with van der Waals surface area (Å²) in [5, 5.41) is 1.69. The third kappa shape index (κ3) is 3.34. The first-order valence-corrected chi connectivity index (χ1v) is 9.38. The van der Waals surface area contributed by atoms with Gasteiger partial charge in [-0.2, -0.15) is 4.68 Å². The Labute approximate surface area is 157 Å². The van der Waals surface area contributed by atoms with E-state index in [1.165, 1.54) is 9.69 Å². The first kappa shape index (κ1) is 19.1. The molecule has 1 aliphatic heterocycles. The number of carbonyl (C=O) groups excluding carboxylic acids is 2. The first-order chi connectivity index (χ1) is 12.9. The zero-order chi connectivity index (χ0) is 19.7. The number of hydrogen-bond acceptors (Lipinski definition) is 5. The summed E-state index contributed by atoms with van der Waals surface area (Å²) in [6.07, 6.45) is 1.02. The number of amides is 1. The number of hydrogen-bond donors (Lipinski definition) is 0. The van der Waals surface area contributed by atoms with Gasteiger partial charge in [-0.25, -0.2) is 14.8 Å². The van der Waals surface area contributed by atoms with Gasteiger partial charge in [0.1, 0.15) is 5.82 Å². The number of rotatable bonds is 4. The van der Waals surface area contributed by atoms with E-state index in [0.29, 0.717) is 29.6 Å². The molecule has 144 valence electrons. The van der Waals surface area contributed by atoms with Crippen LogP contribution in [0.1, 0.15) is 52.3 Å². The van der Waals surface area contributed by atoms with Crippen LogP contribution in [-0.4, -0.2) is 34.2 Å². The SMILES string of the molecule is CCOC(=O)C1CCC(C)C(=O)N1n1c(C(C)C)nc2ccccc2c1=O. The van der Waals surface area contributed by atoms with Gasteiger partial charge >= 0.3 is 5.97 Å². The molecule has 1 fully saturated rings. The molecule has 27 heavy (non-hydrogen) atoms. The minimum atomic E-state index is -0.827. The summed E-state index contributed by atoms with van der Waals surface area (Å²) >= 11 is 0. The Kier molecular flexibility index (Phi) is 5.30. The van der Waals surface area contributed by atoms with E-state index >= 15 is 0 Å². The maximum Gasteiger partial charge on any atom is 0.331 e. The van der Waals surface area contributed by atoms with Crippen LogP contribution in [0.4, 0.5) is 0 Å². The number of esters is 1. The van der Waals surface area contributed by atoms with Gasteiger partial charge in [0, 0.05) is 11.8 Å². The maximum absolute atomic E-state index is 13.3. The highest BCUT2D eigenvalue weighted by atomic mass is 16.5. The van der Waals surface area contributed by atoms with Crippen LogP contribution in [0.25, 0.3) is 10.9 Å². The Morgan fingerprint density at radius 1 is 1.26 bits per heavy atom. The molecule has 2 heterocycles. The molecule has 0 spiro atoms. The van der Waals surface area contributed by atoms with Gasteiger partial charge in [0.25, 0.3) is 5.56 Å². The van der Waals surface area contributed by atoms with Crippen molar-refractivity contribution in [2.45, 2.75) is 52.5 Å². The highest BCUT2D eigenvalue weighted by Gasteiger charge is 2.41. The fourth-order valence-electron chi connectivity index (χ4n) is 3.45. The maximum atomic E-state index is 13.3. The molecule has 1 saturated heterocycles. The zero-order valence-corrected chi connectivity index (χ0v) is 16.1. The topological polar surface area (TPSA) is 81.5 Å². The van der Waals surface area contributed by atoms with E-state index in [2.05, 4.69) is 4.98 Å². The number of carbonyl (C=O) groups is 2. The van der Waals surface area contributed by atoms with Crippen LogP contribution in [0.5, 0.6) is 0 Å². The van der Waals surface area contributed by atoms with Gasteiger partial charge in [0.05, 0.1) is 17.5 Å². The standard InChI is InChI=1S/C20H25N3O4/c1-5-27-20(26)16-11-10-13(4)18(24)22(16)23-17(12(2)3)21-15-9-7-6-8-14(15)19(23)25/h6-9,12-13,16H,5,10-11H2,1-4H3. The van der Waals surface area contributed by atoms with Gasteiger partial charge in [-0.05, 0) is 31.9 Å². The lowest BCUT2D eigenvalue weighted by molar-refractivity contribution is -0.148. The van der Waals surface area contributed by atoms with Crippen molar-refractivity contribution in [1.29, 1.82) is 0 Å². The number of benzene rings is 1. The van der Waals surface area contributed by atoms with Gasteiger partial charge in [-0.15, -0.1) is 0 Å². The molecule has 2 unspecified atom stereocenters. The molecule has 7 heteroatoms. The molecule has 0 N–H and O–H groups in total. The van der Waals surface area contributed by atoms with Gasteiger partial charge < -0.3 is 4.74 Å². The Morgan fingerprint density at radius 2 is 1.96 bits per heavy atom. The fourth-order valence-corrected chi connectivity index (χ4v) is 3.45. The van der Waals surface area contributed by atoms with E-state index in [-0.39, 0.29) is 29.9 Å². The van der Waals surface area contributed by atoms with Crippen molar-refractivity contribution < 1.29 is 14.3 Å². The van der Waals surface area contributed by atoms with Gasteiger partial charge in [-0.1, -0.05) is 32.9 Å². The number of fused-ring (bicyclic) bond motifs is 1. The smallest absolute Gasteiger partial charge is 0.331 e. The summed E-state index contributed by atoms with van der Waals surface area (Å²) in [6, 6.07) is 6.21. The summed E-state index contributed by atoms with van der Waals surface area (Å²) in [5.74, 6) is -0.701. The summed E-state index contributed by atoms with van der Waals surface area (Å²) < 4.78 is 6.47. The number of piperidine rings is 1. The normalized spacial score (nSPS) is 20.3. The molecule has 1 amide bonds. The Morgan fingerprint density at radius 3 is 2.63 bits per heavy atom. The van der Waals surface area contributed by atoms with E-state index in [4.69, 9.17) is 4.74 Å². The average molecular weight is 371 g/mol. The highest BCUT2D eigenvalue weighted by molar-refractivity contribution is 5.96. The van der Waals surface area contributed by atoms with Crippen LogP contribution < -0.4 is 10.6 Å². The van der Waals surface area contributed by atoms with E-state index in [0.717, 1.165) is 0 Å². The van der Waals surface area contributed by atoms with Crippen molar-refractivity contribution in [2.75, 3.05) is 11.6 Å². The van der Waals surface area contributed by atoms with Crippen LogP contribution in [0.2, 0.25) is 0 Å². The fraction of sp³-hybridized carbons (Fsp3) is 0.500. The molecule has 0 aliphatic carbocycles. The molecule has 1 aromatic heterocycles. The molecule has 1 aliphatic rings. The van der Waals surface area contributed by atoms with Crippen LogP contribution in [0.3, 0.4) is 0 Å². The van der Waals surface area contributed by atoms with Gasteiger partial charge in [-0.3, -0.25) is 9.59 Å².